The van der Waals surface area contributed by atoms with Crippen LogP contribution >= 0.6 is 24.0 Å². The molecule has 7 nitrogen and oxygen atoms in total. The van der Waals surface area contributed by atoms with E-state index in [4.69, 9.17) is 0 Å². The molecular formula is C22H45IN6O. The maximum Gasteiger partial charge on any atom is 0.236 e. The number of hydrogen-bond donors (Lipinski definition) is 1. The molecule has 2 aliphatic heterocycles. The number of nitrogens with one attached hydrogen (secondary N) is 1. The van der Waals surface area contributed by atoms with Crippen LogP contribution in [0.3, 0.4) is 0 Å². The Morgan fingerprint density at radius 2 is 1.53 bits per heavy atom. The Balaban J connectivity index is 0.00000450. The van der Waals surface area contributed by atoms with E-state index in [0.717, 1.165) is 77.6 Å². The number of piperidine rings is 1. The summed E-state index contributed by atoms with van der Waals surface area (Å²) in [6, 6.07) is 1.16. The molecule has 2 heterocycles. The average molecular weight is 537 g/mol. The summed E-state index contributed by atoms with van der Waals surface area (Å²) in [5.41, 5.74) is 0. The molecule has 0 bridgehead atoms. The van der Waals surface area contributed by atoms with Crippen molar-refractivity contribution in [2.75, 3.05) is 66.0 Å². The summed E-state index contributed by atoms with van der Waals surface area (Å²) in [6.45, 7) is 17.3. The molecule has 30 heavy (non-hydrogen) atoms. The molecule has 0 aromatic heterocycles. The van der Waals surface area contributed by atoms with Crippen molar-refractivity contribution in [1.29, 1.82) is 0 Å². The molecule has 0 aliphatic carbocycles. The van der Waals surface area contributed by atoms with Gasteiger partial charge in [0.15, 0.2) is 5.96 Å². The van der Waals surface area contributed by atoms with Crippen LogP contribution in [-0.4, -0.2) is 110 Å². The standard InChI is InChI=1S/C22H44N6O.HI/c1-19(2)28(20(3)4)13-9-10-24-22(23-5)27-16-14-25(15-17-27)18-21(29)26-11-7-6-8-12-26;/h19-20H,6-18H2,1-5H3,(H,23,24);1H. The largest absolute Gasteiger partial charge is 0.356 e. The molecule has 8 heteroatoms. The third kappa shape index (κ3) is 8.86. The number of piperazine rings is 1. The molecular weight excluding hydrogens is 491 g/mol. The Hall–Kier alpha value is -0.610. The topological polar surface area (TPSA) is 54.4 Å². The SMILES string of the molecule is CN=C(NCCCN(C(C)C)C(C)C)N1CCN(CC(=O)N2CCCCC2)CC1.I. The number of guanidine groups is 1. The van der Waals surface area contributed by atoms with Crippen LogP contribution in [0.5, 0.6) is 0 Å². The van der Waals surface area contributed by atoms with E-state index in [9.17, 15) is 4.79 Å². The first kappa shape index (κ1) is 27.4. The summed E-state index contributed by atoms with van der Waals surface area (Å²) in [5, 5.41) is 3.54. The van der Waals surface area contributed by atoms with Gasteiger partial charge in [-0.05, 0) is 53.4 Å². The van der Waals surface area contributed by atoms with Gasteiger partial charge in [0, 0.05) is 71.5 Å². The lowest BCUT2D eigenvalue weighted by Gasteiger charge is -2.37. The van der Waals surface area contributed by atoms with E-state index in [1.165, 1.54) is 6.42 Å². The van der Waals surface area contributed by atoms with E-state index >= 15 is 0 Å². The average Bonchev–Trinajstić information content (AvgIpc) is 2.71. The zero-order valence-electron chi connectivity index (χ0n) is 19.9. The first-order chi connectivity index (χ1) is 13.9. The molecule has 1 amide bonds. The van der Waals surface area contributed by atoms with Gasteiger partial charge in [-0.2, -0.15) is 0 Å². The number of amides is 1. The first-order valence-corrected chi connectivity index (χ1v) is 11.6. The highest BCUT2D eigenvalue weighted by Crippen LogP contribution is 2.10. The lowest BCUT2D eigenvalue weighted by Crippen LogP contribution is -2.54. The number of likely N-dealkylation sites (tertiary alicyclic amines) is 1. The Morgan fingerprint density at radius 1 is 0.933 bits per heavy atom. The molecule has 2 saturated heterocycles. The van der Waals surface area contributed by atoms with Crippen LogP contribution in [-0.2, 0) is 4.79 Å². The van der Waals surface area contributed by atoms with Crippen LogP contribution in [0.1, 0.15) is 53.4 Å². The van der Waals surface area contributed by atoms with Gasteiger partial charge in [0.1, 0.15) is 0 Å². The van der Waals surface area contributed by atoms with E-state index in [1.807, 2.05) is 11.9 Å². The highest BCUT2D eigenvalue weighted by Gasteiger charge is 2.24. The molecule has 0 spiro atoms. The number of carbonyl (C=O) groups excluding carboxylic acids is 1. The number of halogens is 1. The van der Waals surface area contributed by atoms with Crippen LogP contribution < -0.4 is 5.32 Å². The van der Waals surface area contributed by atoms with Crippen molar-refractivity contribution < 1.29 is 4.79 Å². The third-order valence-corrected chi connectivity index (χ3v) is 6.15. The number of nitrogens with zero attached hydrogens (tertiary/aromatic N) is 5. The smallest absolute Gasteiger partial charge is 0.236 e. The Bertz CT molecular complexity index is 506. The van der Waals surface area contributed by atoms with Gasteiger partial charge in [-0.15, -0.1) is 24.0 Å². The maximum absolute atomic E-state index is 12.5. The van der Waals surface area contributed by atoms with Crippen molar-refractivity contribution >= 4 is 35.8 Å². The number of aliphatic imine (C=N–C) groups is 1. The monoisotopic (exact) mass is 536 g/mol. The predicted octanol–water partition coefficient (Wildman–Crippen LogP) is 2.32. The van der Waals surface area contributed by atoms with Crippen LogP contribution in [0.25, 0.3) is 0 Å². The van der Waals surface area contributed by atoms with Gasteiger partial charge >= 0.3 is 0 Å². The maximum atomic E-state index is 12.5. The van der Waals surface area contributed by atoms with Gasteiger partial charge in [0.05, 0.1) is 6.54 Å². The zero-order chi connectivity index (χ0) is 21.2. The molecule has 1 N–H and O–H groups in total. The molecule has 0 unspecified atom stereocenters. The minimum absolute atomic E-state index is 0. The van der Waals surface area contributed by atoms with Gasteiger partial charge < -0.3 is 15.1 Å². The fourth-order valence-electron chi connectivity index (χ4n) is 4.46. The molecule has 0 atom stereocenters. The number of rotatable bonds is 8. The molecule has 2 fully saturated rings. The van der Waals surface area contributed by atoms with Crippen molar-refractivity contribution in [1.82, 2.24) is 24.9 Å². The van der Waals surface area contributed by atoms with Gasteiger partial charge in [0.25, 0.3) is 0 Å². The summed E-state index contributed by atoms with van der Waals surface area (Å²) >= 11 is 0. The Labute approximate surface area is 201 Å². The van der Waals surface area contributed by atoms with Gasteiger partial charge in [-0.3, -0.25) is 19.6 Å². The van der Waals surface area contributed by atoms with Gasteiger partial charge in [-0.1, -0.05) is 0 Å². The van der Waals surface area contributed by atoms with Crippen LogP contribution in [0.4, 0.5) is 0 Å². The summed E-state index contributed by atoms with van der Waals surface area (Å²) < 4.78 is 0. The Kier molecular flexibility index (Phi) is 13.2. The van der Waals surface area contributed by atoms with Crippen LogP contribution in [0, 0.1) is 0 Å². The molecule has 2 rings (SSSR count). The minimum atomic E-state index is 0. The Morgan fingerprint density at radius 3 is 2.07 bits per heavy atom. The molecule has 0 radical (unpaired) electrons. The normalized spacial score (nSPS) is 18.9. The third-order valence-electron chi connectivity index (χ3n) is 6.15. The second-order valence-electron chi connectivity index (χ2n) is 8.96. The second kappa shape index (κ2) is 14.5. The highest BCUT2D eigenvalue weighted by molar-refractivity contribution is 14.0. The summed E-state index contributed by atoms with van der Waals surface area (Å²) in [5.74, 6) is 1.30. The van der Waals surface area contributed by atoms with Crippen molar-refractivity contribution in [3.63, 3.8) is 0 Å². The highest BCUT2D eigenvalue weighted by atomic mass is 127. The van der Waals surface area contributed by atoms with E-state index in [1.54, 1.807) is 0 Å². The fourth-order valence-corrected chi connectivity index (χ4v) is 4.46. The molecule has 0 aromatic rings. The quantitative estimate of drug-likeness (QED) is 0.224. The summed E-state index contributed by atoms with van der Waals surface area (Å²) in [6.07, 6.45) is 4.70. The molecule has 176 valence electrons. The summed E-state index contributed by atoms with van der Waals surface area (Å²) in [4.78, 5) is 26.2. The van der Waals surface area contributed by atoms with Gasteiger partial charge in [-0.25, -0.2) is 0 Å². The second-order valence-corrected chi connectivity index (χ2v) is 8.96. The van der Waals surface area contributed by atoms with E-state index in [0.29, 0.717) is 24.5 Å². The summed E-state index contributed by atoms with van der Waals surface area (Å²) in [7, 11) is 1.86. The van der Waals surface area contributed by atoms with Crippen molar-refractivity contribution in [3.8, 4) is 0 Å². The molecule has 0 aromatic carbocycles. The van der Waals surface area contributed by atoms with Crippen molar-refractivity contribution in [2.45, 2.75) is 65.5 Å². The molecule has 0 saturated carbocycles. The van der Waals surface area contributed by atoms with Crippen molar-refractivity contribution in [2.24, 2.45) is 4.99 Å². The number of hydrogen-bond acceptors (Lipinski definition) is 4. The predicted molar refractivity (Wildman–Crippen MR) is 137 cm³/mol. The number of carbonyl (C=O) groups is 1. The van der Waals surface area contributed by atoms with Crippen molar-refractivity contribution in [3.05, 3.63) is 0 Å². The first-order valence-electron chi connectivity index (χ1n) is 11.6. The van der Waals surface area contributed by atoms with E-state index < -0.39 is 0 Å². The lowest BCUT2D eigenvalue weighted by molar-refractivity contribution is -0.133. The lowest BCUT2D eigenvalue weighted by atomic mass is 10.1. The van der Waals surface area contributed by atoms with Crippen LogP contribution in [0.2, 0.25) is 0 Å². The van der Waals surface area contributed by atoms with E-state index in [2.05, 4.69) is 52.7 Å². The van der Waals surface area contributed by atoms with Gasteiger partial charge in [0.2, 0.25) is 5.91 Å². The minimum Gasteiger partial charge on any atom is -0.356 e. The van der Waals surface area contributed by atoms with Crippen LogP contribution in [0.15, 0.2) is 4.99 Å². The van der Waals surface area contributed by atoms with E-state index in [-0.39, 0.29) is 24.0 Å². The zero-order valence-corrected chi connectivity index (χ0v) is 22.2. The molecule has 2 aliphatic rings. The fraction of sp³-hybridized carbons (Fsp3) is 0.909.